The lowest BCUT2D eigenvalue weighted by molar-refractivity contribution is -0.0203. The summed E-state index contributed by atoms with van der Waals surface area (Å²) in [6.07, 6.45) is 0.0586. The van der Waals surface area contributed by atoms with Crippen LogP contribution in [0.25, 0.3) is 0 Å². The lowest BCUT2D eigenvalue weighted by Crippen LogP contribution is -2.48. The van der Waals surface area contributed by atoms with Gasteiger partial charge >= 0.3 is 0 Å². The minimum atomic E-state index is -0.753. The fourth-order valence-electron chi connectivity index (χ4n) is 1.65. The molecule has 1 aliphatic rings. The van der Waals surface area contributed by atoms with Crippen LogP contribution in [0.15, 0.2) is 0 Å². The number of likely N-dealkylation sites (tertiary alicyclic amines) is 1. The molecule has 1 aliphatic heterocycles. The lowest BCUT2D eigenvalue weighted by atomic mass is 9.98. The van der Waals surface area contributed by atoms with Crippen LogP contribution in [0.3, 0.4) is 0 Å². The van der Waals surface area contributed by atoms with E-state index in [0.717, 1.165) is 6.54 Å². The molecule has 0 spiro atoms. The van der Waals surface area contributed by atoms with Gasteiger partial charge in [0.15, 0.2) is 0 Å². The summed E-state index contributed by atoms with van der Waals surface area (Å²) in [5.41, 5.74) is -0.412. The zero-order valence-corrected chi connectivity index (χ0v) is 9.01. The minimum absolute atomic E-state index is 0.179. The second-order valence-electron chi connectivity index (χ2n) is 4.39. The topological polar surface area (TPSA) is 12.5 Å². The van der Waals surface area contributed by atoms with Crippen molar-refractivity contribution in [3.63, 3.8) is 0 Å². The van der Waals surface area contributed by atoms with Crippen molar-refractivity contribution in [2.75, 3.05) is 20.2 Å². The van der Waals surface area contributed by atoms with E-state index in [1.807, 2.05) is 27.8 Å². The fourth-order valence-corrected chi connectivity index (χ4v) is 1.65. The van der Waals surface area contributed by atoms with Crippen molar-refractivity contribution < 1.29 is 9.13 Å². The molecule has 1 fully saturated rings. The van der Waals surface area contributed by atoms with Gasteiger partial charge in [0.2, 0.25) is 0 Å². The Bertz CT molecular complexity index is 162. The summed E-state index contributed by atoms with van der Waals surface area (Å²) >= 11 is 0. The van der Waals surface area contributed by atoms with E-state index in [0.29, 0.717) is 13.0 Å². The molecule has 0 unspecified atom stereocenters. The third kappa shape index (κ3) is 2.20. The van der Waals surface area contributed by atoms with Crippen molar-refractivity contribution in [3.8, 4) is 0 Å². The van der Waals surface area contributed by atoms with Gasteiger partial charge in [0, 0.05) is 6.54 Å². The maximum absolute atomic E-state index is 13.6. The second-order valence-corrected chi connectivity index (χ2v) is 4.39. The fraction of sp³-hybridized carbons (Fsp3) is 1.00. The quantitative estimate of drug-likeness (QED) is 0.671. The Morgan fingerprint density at radius 3 is 2.62 bits per heavy atom. The van der Waals surface area contributed by atoms with Crippen molar-refractivity contribution in [2.24, 2.45) is 0 Å². The van der Waals surface area contributed by atoms with Crippen LogP contribution < -0.4 is 0 Å². The molecule has 2 nitrogen and oxygen atoms in total. The molecule has 1 rings (SSSR count). The standard InChI is InChI=1S/C10H20FNO/c1-8(2)13-7-10(3)9(11)5-6-12(10)4/h8-9H,5-7H2,1-4H3/t9-,10+/m0/s1. The number of nitrogens with zero attached hydrogens (tertiary/aromatic N) is 1. The number of hydrogen-bond donors (Lipinski definition) is 0. The molecule has 0 saturated carbocycles. The molecule has 0 aromatic heterocycles. The molecule has 0 aromatic carbocycles. The number of alkyl halides is 1. The largest absolute Gasteiger partial charge is 0.377 e. The van der Waals surface area contributed by atoms with Crippen LogP contribution in [-0.2, 0) is 4.74 Å². The van der Waals surface area contributed by atoms with Crippen molar-refractivity contribution in [2.45, 2.75) is 45.0 Å². The molecule has 1 heterocycles. The smallest absolute Gasteiger partial charge is 0.122 e. The average molecular weight is 189 g/mol. The van der Waals surface area contributed by atoms with Crippen LogP contribution >= 0.6 is 0 Å². The van der Waals surface area contributed by atoms with Crippen LogP contribution in [0.1, 0.15) is 27.2 Å². The third-order valence-electron chi connectivity index (χ3n) is 2.97. The highest BCUT2D eigenvalue weighted by atomic mass is 19.1. The average Bonchev–Trinajstić information content (AvgIpc) is 2.31. The number of hydrogen-bond acceptors (Lipinski definition) is 2. The molecule has 3 heteroatoms. The molecule has 0 bridgehead atoms. The van der Waals surface area contributed by atoms with Crippen LogP contribution in [0.2, 0.25) is 0 Å². The van der Waals surface area contributed by atoms with Crippen molar-refractivity contribution in [1.29, 1.82) is 0 Å². The lowest BCUT2D eigenvalue weighted by Gasteiger charge is -2.34. The number of ether oxygens (including phenoxy) is 1. The Kier molecular flexibility index (Phi) is 3.30. The minimum Gasteiger partial charge on any atom is -0.377 e. The third-order valence-corrected chi connectivity index (χ3v) is 2.97. The highest BCUT2D eigenvalue weighted by Crippen LogP contribution is 2.30. The predicted molar refractivity (Wildman–Crippen MR) is 51.6 cm³/mol. The molecule has 1 saturated heterocycles. The van der Waals surface area contributed by atoms with Crippen molar-refractivity contribution in [3.05, 3.63) is 0 Å². The Labute approximate surface area is 80.1 Å². The van der Waals surface area contributed by atoms with Crippen molar-refractivity contribution in [1.82, 2.24) is 4.90 Å². The zero-order valence-electron chi connectivity index (χ0n) is 9.01. The van der Waals surface area contributed by atoms with E-state index < -0.39 is 11.7 Å². The van der Waals surface area contributed by atoms with Crippen LogP contribution in [0.5, 0.6) is 0 Å². The van der Waals surface area contributed by atoms with Gasteiger partial charge in [0.05, 0.1) is 18.2 Å². The van der Waals surface area contributed by atoms with Gasteiger partial charge in [-0.15, -0.1) is 0 Å². The highest BCUT2D eigenvalue weighted by Gasteiger charge is 2.43. The van der Waals surface area contributed by atoms with Crippen LogP contribution in [0, 0.1) is 0 Å². The predicted octanol–water partition coefficient (Wildman–Crippen LogP) is 1.84. The monoisotopic (exact) mass is 189 g/mol. The van der Waals surface area contributed by atoms with Crippen LogP contribution in [0.4, 0.5) is 4.39 Å². The molecule has 0 N–H and O–H groups in total. The van der Waals surface area contributed by atoms with Gasteiger partial charge in [0.25, 0.3) is 0 Å². The molecule has 78 valence electrons. The number of likely N-dealkylation sites (N-methyl/N-ethyl adjacent to an activating group) is 1. The Morgan fingerprint density at radius 1 is 1.62 bits per heavy atom. The molecule has 2 atom stereocenters. The summed E-state index contributed by atoms with van der Waals surface area (Å²) < 4.78 is 19.0. The van der Waals surface area contributed by atoms with Gasteiger partial charge in [0.1, 0.15) is 6.17 Å². The summed E-state index contributed by atoms with van der Waals surface area (Å²) in [4.78, 5) is 2.06. The zero-order chi connectivity index (χ0) is 10.1. The van der Waals surface area contributed by atoms with Gasteiger partial charge in [-0.1, -0.05) is 0 Å². The van der Waals surface area contributed by atoms with Gasteiger partial charge in [-0.05, 0) is 34.2 Å². The maximum Gasteiger partial charge on any atom is 0.122 e. The molecule has 0 radical (unpaired) electrons. The molecule has 0 aromatic rings. The van der Waals surface area contributed by atoms with Gasteiger partial charge in [-0.25, -0.2) is 4.39 Å². The first-order valence-corrected chi connectivity index (χ1v) is 4.93. The van der Waals surface area contributed by atoms with Gasteiger partial charge in [-0.2, -0.15) is 0 Å². The molecule has 13 heavy (non-hydrogen) atoms. The van der Waals surface area contributed by atoms with Crippen molar-refractivity contribution >= 4 is 0 Å². The van der Waals surface area contributed by atoms with Gasteiger partial charge in [-0.3, -0.25) is 4.90 Å². The van der Waals surface area contributed by atoms with E-state index in [-0.39, 0.29) is 6.10 Å². The number of halogens is 1. The van der Waals surface area contributed by atoms with E-state index >= 15 is 0 Å². The van der Waals surface area contributed by atoms with Gasteiger partial charge < -0.3 is 4.74 Å². The Morgan fingerprint density at radius 2 is 2.23 bits per heavy atom. The maximum atomic E-state index is 13.6. The first kappa shape index (κ1) is 10.9. The summed E-state index contributed by atoms with van der Waals surface area (Å²) in [5.74, 6) is 0. The Balaban J connectivity index is 2.52. The number of rotatable bonds is 3. The summed E-state index contributed by atoms with van der Waals surface area (Å²) in [5, 5.41) is 0. The summed E-state index contributed by atoms with van der Waals surface area (Å²) in [6.45, 7) is 7.21. The van der Waals surface area contributed by atoms with E-state index in [4.69, 9.17) is 4.74 Å². The van der Waals surface area contributed by atoms with E-state index in [1.165, 1.54) is 0 Å². The summed E-state index contributed by atoms with van der Waals surface area (Å²) in [7, 11) is 1.96. The normalized spacial score (nSPS) is 36.0. The molecular formula is C10H20FNO. The molecule has 0 amide bonds. The summed E-state index contributed by atoms with van der Waals surface area (Å²) in [6, 6.07) is 0. The van der Waals surface area contributed by atoms with E-state index in [2.05, 4.69) is 4.90 Å². The SMILES string of the molecule is CC(C)OC[C@]1(C)[C@@H](F)CCN1C. The second kappa shape index (κ2) is 3.93. The first-order chi connectivity index (χ1) is 5.97. The Hall–Kier alpha value is -0.150. The first-order valence-electron chi connectivity index (χ1n) is 4.93. The van der Waals surface area contributed by atoms with E-state index in [1.54, 1.807) is 0 Å². The highest BCUT2D eigenvalue weighted by molar-refractivity contribution is 4.97. The molecule has 0 aliphatic carbocycles. The van der Waals surface area contributed by atoms with Crippen LogP contribution in [-0.4, -0.2) is 42.9 Å². The molecular weight excluding hydrogens is 169 g/mol. The van der Waals surface area contributed by atoms with E-state index in [9.17, 15) is 4.39 Å².